The number of urea groups is 1. The van der Waals surface area contributed by atoms with Gasteiger partial charge < -0.3 is 15.4 Å². The Morgan fingerprint density at radius 2 is 1.81 bits per heavy atom. The molecule has 2 rings (SSSR count). The van der Waals surface area contributed by atoms with Gasteiger partial charge in [0.25, 0.3) is 0 Å². The fourth-order valence-corrected chi connectivity index (χ4v) is 2.08. The third-order valence-corrected chi connectivity index (χ3v) is 3.42. The lowest BCUT2D eigenvalue weighted by Crippen LogP contribution is -2.31. The number of halogens is 1. The summed E-state index contributed by atoms with van der Waals surface area (Å²) < 4.78 is 5.11. The van der Waals surface area contributed by atoms with Crippen LogP contribution in [0.5, 0.6) is 5.75 Å². The topological polar surface area (TPSA) is 50.4 Å². The Labute approximate surface area is 129 Å². The van der Waals surface area contributed by atoms with Gasteiger partial charge in [0.1, 0.15) is 5.75 Å². The number of ether oxygens (including phenoxy) is 1. The number of carbonyl (C=O) groups excluding carboxylic acids is 1. The van der Waals surface area contributed by atoms with Crippen LogP contribution in [-0.2, 0) is 0 Å². The molecule has 0 heterocycles. The van der Waals surface area contributed by atoms with E-state index in [2.05, 4.69) is 10.6 Å². The largest absolute Gasteiger partial charge is 0.497 e. The number of methoxy groups -OCH3 is 1. The van der Waals surface area contributed by atoms with Gasteiger partial charge in [-0.3, -0.25) is 0 Å². The van der Waals surface area contributed by atoms with Crippen LogP contribution in [0, 0.1) is 0 Å². The van der Waals surface area contributed by atoms with E-state index in [9.17, 15) is 4.79 Å². The van der Waals surface area contributed by atoms with Gasteiger partial charge in [-0.05, 0) is 36.8 Å². The molecule has 1 atom stereocenters. The normalized spacial score (nSPS) is 11.6. The molecule has 4 nitrogen and oxygen atoms in total. The second-order valence-corrected chi connectivity index (χ2v) is 4.98. The molecule has 2 aromatic carbocycles. The number of hydrogen-bond donors (Lipinski definition) is 2. The van der Waals surface area contributed by atoms with Crippen molar-refractivity contribution in [3.05, 3.63) is 59.1 Å². The third kappa shape index (κ3) is 4.13. The molecular formula is C16H17ClN2O2. The molecule has 0 aliphatic heterocycles. The summed E-state index contributed by atoms with van der Waals surface area (Å²) in [6.45, 7) is 1.91. The number of benzene rings is 2. The van der Waals surface area contributed by atoms with Crippen LogP contribution in [-0.4, -0.2) is 13.1 Å². The molecule has 2 N–H and O–H groups in total. The second kappa shape index (κ2) is 6.99. The maximum Gasteiger partial charge on any atom is 0.319 e. The maximum absolute atomic E-state index is 12.0. The van der Waals surface area contributed by atoms with Gasteiger partial charge in [-0.25, -0.2) is 4.79 Å². The van der Waals surface area contributed by atoms with Crippen molar-refractivity contribution in [3.63, 3.8) is 0 Å². The van der Waals surface area contributed by atoms with Gasteiger partial charge in [0.2, 0.25) is 0 Å². The second-order valence-electron chi connectivity index (χ2n) is 4.57. The Hall–Kier alpha value is -2.20. The SMILES string of the molecule is COc1ccc([C@@H](C)NC(=O)Nc2ccccc2Cl)cc1. The first kappa shape index (κ1) is 15.2. The highest BCUT2D eigenvalue weighted by atomic mass is 35.5. The number of nitrogens with one attached hydrogen (secondary N) is 2. The fraction of sp³-hybridized carbons (Fsp3) is 0.188. The van der Waals surface area contributed by atoms with Crippen molar-refractivity contribution in [2.45, 2.75) is 13.0 Å². The molecule has 0 aliphatic carbocycles. The Bertz CT molecular complexity index is 614. The fourth-order valence-electron chi connectivity index (χ4n) is 1.89. The molecule has 0 saturated heterocycles. The standard InChI is InChI=1S/C16H17ClN2O2/c1-11(12-7-9-13(21-2)10-8-12)18-16(20)19-15-6-4-3-5-14(15)17/h3-11H,1-2H3,(H2,18,19,20)/t11-/m1/s1. The van der Waals surface area contributed by atoms with E-state index in [0.29, 0.717) is 10.7 Å². The van der Waals surface area contributed by atoms with Crippen molar-refractivity contribution in [2.75, 3.05) is 12.4 Å². The van der Waals surface area contributed by atoms with E-state index in [-0.39, 0.29) is 12.1 Å². The Morgan fingerprint density at radius 3 is 2.43 bits per heavy atom. The van der Waals surface area contributed by atoms with Crippen molar-refractivity contribution in [3.8, 4) is 5.75 Å². The van der Waals surface area contributed by atoms with Gasteiger partial charge in [-0.15, -0.1) is 0 Å². The van der Waals surface area contributed by atoms with Crippen LogP contribution in [0.1, 0.15) is 18.5 Å². The van der Waals surface area contributed by atoms with Gasteiger partial charge in [0, 0.05) is 0 Å². The lowest BCUT2D eigenvalue weighted by Gasteiger charge is -2.16. The smallest absolute Gasteiger partial charge is 0.319 e. The van der Waals surface area contributed by atoms with E-state index < -0.39 is 0 Å². The molecule has 0 radical (unpaired) electrons. The molecule has 0 saturated carbocycles. The summed E-state index contributed by atoms with van der Waals surface area (Å²) in [7, 11) is 1.62. The van der Waals surface area contributed by atoms with Crippen LogP contribution in [0.4, 0.5) is 10.5 Å². The molecule has 0 fully saturated rings. The molecule has 21 heavy (non-hydrogen) atoms. The summed E-state index contributed by atoms with van der Waals surface area (Å²) in [5.41, 5.74) is 1.57. The van der Waals surface area contributed by atoms with Gasteiger partial charge >= 0.3 is 6.03 Å². The molecular weight excluding hydrogens is 288 g/mol. The highest BCUT2D eigenvalue weighted by Gasteiger charge is 2.10. The predicted molar refractivity (Wildman–Crippen MR) is 85.0 cm³/mol. The lowest BCUT2D eigenvalue weighted by molar-refractivity contribution is 0.249. The average molecular weight is 305 g/mol. The minimum atomic E-state index is -0.300. The highest BCUT2D eigenvalue weighted by Crippen LogP contribution is 2.21. The summed E-state index contributed by atoms with van der Waals surface area (Å²) in [6.07, 6.45) is 0. The van der Waals surface area contributed by atoms with Crippen LogP contribution in [0.25, 0.3) is 0 Å². The molecule has 5 heteroatoms. The van der Waals surface area contributed by atoms with E-state index in [1.807, 2.05) is 43.3 Å². The molecule has 0 aromatic heterocycles. The highest BCUT2D eigenvalue weighted by molar-refractivity contribution is 6.33. The first-order valence-electron chi connectivity index (χ1n) is 6.56. The zero-order valence-corrected chi connectivity index (χ0v) is 12.6. The van der Waals surface area contributed by atoms with Gasteiger partial charge in [0.15, 0.2) is 0 Å². The Morgan fingerprint density at radius 1 is 1.14 bits per heavy atom. The maximum atomic E-state index is 12.0. The first-order chi connectivity index (χ1) is 10.1. The molecule has 0 spiro atoms. The van der Waals surface area contributed by atoms with E-state index in [4.69, 9.17) is 16.3 Å². The van der Waals surface area contributed by atoms with Crippen LogP contribution in [0.15, 0.2) is 48.5 Å². The van der Waals surface area contributed by atoms with E-state index in [1.54, 1.807) is 19.2 Å². The first-order valence-corrected chi connectivity index (χ1v) is 6.94. The molecule has 0 bridgehead atoms. The van der Waals surface area contributed by atoms with Crippen molar-refractivity contribution < 1.29 is 9.53 Å². The number of hydrogen-bond acceptors (Lipinski definition) is 2. The predicted octanol–water partition coefficient (Wildman–Crippen LogP) is 4.23. The zero-order valence-electron chi connectivity index (χ0n) is 11.9. The summed E-state index contributed by atoms with van der Waals surface area (Å²) in [5.74, 6) is 0.784. The average Bonchev–Trinajstić information content (AvgIpc) is 2.49. The summed E-state index contributed by atoms with van der Waals surface area (Å²) in [5, 5.41) is 6.09. The molecule has 110 valence electrons. The Balaban J connectivity index is 1.97. The molecule has 2 amide bonds. The van der Waals surface area contributed by atoms with E-state index in [1.165, 1.54) is 0 Å². The van der Waals surface area contributed by atoms with Crippen LogP contribution >= 0.6 is 11.6 Å². The van der Waals surface area contributed by atoms with Crippen LogP contribution in [0.2, 0.25) is 5.02 Å². The number of rotatable bonds is 4. The molecule has 2 aromatic rings. The van der Waals surface area contributed by atoms with Gasteiger partial charge in [-0.1, -0.05) is 35.9 Å². The summed E-state index contributed by atoms with van der Waals surface area (Å²) >= 11 is 6.00. The number of carbonyl (C=O) groups is 1. The minimum Gasteiger partial charge on any atom is -0.497 e. The van der Waals surface area contributed by atoms with Crippen molar-refractivity contribution in [1.82, 2.24) is 5.32 Å². The summed E-state index contributed by atoms with van der Waals surface area (Å²) in [6, 6.07) is 14.2. The number of para-hydroxylation sites is 1. The minimum absolute atomic E-state index is 0.126. The molecule has 0 unspecified atom stereocenters. The van der Waals surface area contributed by atoms with Crippen molar-refractivity contribution >= 4 is 23.3 Å². The van der Waals surface area contributed by atoms with Crippen molar-refractivity contribution in [1.29, 1.82) is 0 Å². The quantitative estimate of drug-likeness (QED) is 0.888. The van der Waals surface area contributed by atoms with Gasteiger partial charge in [-0.2, -0.15) is 0 Å². The van der Waals surface area contributed by atoms with Crippen molar-refractivity contribution in [2.24, 2.45) is 0 Å². The van der Waals surface area contributed by atoms with E-state index >= 15 is 0 Å². The zero-order chi connectivity index (χ0) is 15.2. The van der Waals surface area contributed by atoms with E-state index in [0.717, 1.165) is 11.3 Å². The number of amides is 2. The number of anilines is 1. The lowest BCUT2D eigenvalue weighted by atomic mass is 10.1. The molecule has 0 aliphatic rings. The summed E-state index contributed by atoms with van der Waals surface area (Å²) in [4.78, 5) is 12.0. The van der Waals surface area contributed by atoms with Crippen LogP contribution < -0.4 is 15.4 Å². The monoisotopic (exact) mass is 304 g/mol. The van der Waals surface area contributed by atoms with Gasteiger partial charge in [0.05, 0.1) is 23.9 Å². The Kier molecular flexibility index (Phi) is 5.06. The van der Waals surface area contributed by atoms with Crippen LogP contribution in [0.3, 0.4) is 0 Å². The third-order valence-electron chi connectivity index (χ3n) is 3.09.